The van der Waals surface area contributed by atoms with Gasteiger partial charge in [-0.3, -0.25) is 9.59 Å². The zero-order valence-corrected chi connectivity index (χ0v) is 26.2. The van der Waals surface area contributed by atoms with Crippen LogP contribution in [0.5, 0.6) is 5.75 Å². The number of aliphatic hydroxyl groups excluding tert-OH is 7. The van der Waals surface area contributed by atoms with Gasteiger partial charge in [0.05, 0.1) is 19.6 Å². The van der Waals surface area contributed by atoms with E-state index in [1.165, 1.54) is 12.2 Å². The summed E-state index contributed by atoms with van der Waals surface area (Å²) in [6.07, 6.45) is -10.2. The fourth-order valence-electron chi connectivity index (χ4n) is 5.22. The Morgan fingerprint density at radius 3 is 1.81 bits per heavy atom. The van der Waals surface area contributed by atoms with Gasteiger partial charge in [-0.1, -0.05) is 36.4 Å². The molecule has 47 heavy (non-hydrogen) atoms. The molecular weight excluding hydrogens is 616 g/mol. The summed E-state index contributed by atoms with van der Waals surface area (Å²) in [6.45, 7) is 4.28. The van der Waals surface area contributed by atoms with Crippen molar-refractivity contribution in [1.29, 1.82) is 0 Å². The molecule has 2 aliphatic heterocycles. The van der Waals surface area contributed by atoms with Crippen LogP contribution in [-0.2, 0) is 23.8 Å². The summed E-state index contributed by atoms with van der Waals surface area (Å²) >= 11 is 0. The summed E-state index contributed by atoms with van der Waals surface area (Å²) in [5.74, 6) is -0.455. The van der Waals surface area contributed by atoms with E-state index in [0.717, 1.165) is 16.7 Å². The van der Waals surface area contributed by atoms with E-state index >= 15 is 0 Å². The maximum absolute atomic E-state index is 12.4. The molecule has 0 aromatic heterocycles. The number of allylic oxidation sites excluding steroid dienone is 2. The molecule has 256 valence electrons. The monoisotopic (exact) mass is 658 g/mol. The van der Waals surface area contributed by atoms with Crippen molar-refractivity contribution in [2.24, 2.45) is 0 Å². The number of aliphatic hydroxyl groups is 7. The van der Waals surface area contributed by atoms with Gasteiger partial charge in [-0.2, -0.15) is 0 Å². The van der Waals surface area contributed by atoms with Crippen LogP contribution in [-0.4, -0.2) is 122 Å². The van der Waals surface area contributed by atoms with Crippen LogP contribution >= 0.6 is 0 Å². The first kappa shape index (κ1) is 36.5. The third-order valence-electron chi connectivity index (χ3n) is 8.21. The van der Waals surface area contributed by atoms with E-state index in [-0.39, 0.29) is 23.7 Å². The molecule has 2 aromatic carbocycles. The highest BCUT2D eigenvalue weighted by Crippen LogP contribution is 2.31. The lowest BCUT2D eigenvalue weighted by Crippen LogP contribution is -2.65. The van der Waals surface area contributed by atoms with E-state index in [1.807, 2.05) is 32.0 Å². The molecule has 13 nitrogen and oxygen atoms in total. The van der Waals surface area contributed by atoms with Gasteiger partial charge in [0.1, 0.15) is 54.6 Å². The van der Waals surface area contributed by atoms with E-state index in [0.29, 0.717) is 11.1 Å². The van der Waals surface area contributed by atoms with Crippen LogP contribution in [0.1, 0.15) is 34.2 Å². The van der Waals surface area contributed by atoms with Gasteiger partial charge in [0.15, 0.2) is 17.9 Å². The summed E-state index contributed by atoms with van der Waals surface area (Å²) in [5, 5.41) is 71.4. The molecule has 13 heteroatoms. The van der Waals surface area contributed by atoms with Crippen molar-refractivity contribution in [3.63, 3.8) is 0 Å². The molecule has 2 aromatic rings. The Labute approximate surface area is 271 Å². The van der Waals surface area contributed by atoms with Gasteiger partial charge in [-0.05, 0) is 72.9 Å². The topological polar surface area (TPSA) is 213 Å². The predicted octanol–water partition coefficient (Wildman–Crippen LogP) is -0.130. The van der Waals surface area contributed by atoms with Gasteiger partial charge in [-0.25, -0.2) is 0 Å². The van der Waals surface area contributed by atoms with Crippen LogP contribution in [0.3, 0.4) is 0 Å². The second-order valence-corrected chi connectivity index (χ2v) is 11.8. The Morgan fingerprint density at radius 1 is 0.681 bits per heavy atom. The second-order valence-electron chi connectivity index (χ2n) is 11.8. The SMILES string of the molecule is Cc1ccc(/C=C/C(=O)CC(=O)/C=C/c2ccc(O[C@@H]3O[C@H](CO)[C@@H](O)[C@H](O[C@@H]4O[C@H](CO)[C@@H](O)[C@H](O)[C@H]4O)[C@H]3O)c(C)c2)cc1C. The van der Waals surface area contributed by atoms with Crippen LogP contribution in [0.25, 0.3) is 12.2 Å². The van der Waals surface area contributed by atoms with E-state index in [1.54, 1.807) is 37.3 Å². The number of carbonyl (C=O) groups excluding carboxylic acids is 2. The van der Waals surface area contributed by atoms with Gasteiger partial charge in [0.25, 0.3) is 0 Å². The zero-order valence-electron chi connectivity index (χ0n) is 26.2. The van der Waals surface area contributed by atoms with Gasteiger partial charge in [0, 0.05) is 0 Å². The number of aryl methyl sites for hydroxylation is 3. The molecule has 7 N–H and O–H groups in total. The quantitative estimate of drug-likeness (QED) is 0.117. The number of ketones is 2. The molecular formula is C34H42O13. The normalized spacial score (nSPS) is 31.4. The third kappa shape index (κ3) is 8.97. The Kier molecular flexibility index (Phi) is 12.6. The number of carbonyl (C=O) groups is 2. The molecule has 0 unspecified atom stereocenters. The molecule has 2 fully saturated rings. The molecule has 0 amide bonds. The largest absolute Gasteiger partial charge is 0.462 e. The van der Waals surface area contributed by atoms with Crippen LogP contribution in [0, 0.1) is 20.8 Å². The van der Waals surface area contributed by atoms with Gasteiger partial charge >= 0.3 is 0 Å². The zero-order chi connectivity index (χ0) is 34.4. The third-order valence-corrected chi connectivity index (χ3v) is 8.21. The standard InChI is InChI=1S/C34H42O13/c1-17-4-5-20(12-18(17)2)6-9-22(37)14-23(38)10-7-21-8-11-24(19(3)13-21)44-34-31(43)32(28(40)26(16-36)46-34)47-33-30(42)29(41)27(39)25(15-35)45-33/h4-13,25-36,39-43H,14-16H2,1-3H3/b9-6+,10-7+/t25-,26-,27-,28-,29+,30-,31-,32+,33+,34-/m1/s1. The van der Waals surface area contributed by atoms with Crippen molar-refractivity contribution in [1.82, 2.24) is 0 Å². The molecule has 2 heterocycles. The molecule has 4 rings (SSSR count). The highest BCUT2D eigenvalue weighted by Gasteiger charge is 2.51. The van der Waals surface area contributed by atoms with Crippen LogP contribution in [0.2, 0.25) is 0 Å². The van der Waals surface area contributed by atoms with E-state index in [2.05, 4.69) is 0 Å². The highest BCUT2D eigenvalue weighted by molar-refractivity contribution is 6.10. The molecule has 0 saturated carbocycles. The molecule has 2 aliphatic rings. The predicted molar refractivity (Wildman–Crippen MR) is 167 cm³/mol. The Morgan fingerprint density at radius 2 is 1.23 bits per heavy atom. The summed E-state index contributed by atoms with van der Waals surface area (Å²) in [5.41, 5.74) is 4.31. The lowest BCUT2D eigenvalue weighted by atomic mass is 9.97. The maximum Gasteiger partial charge on any atom is 0.229 e. The van der Waals surface area contributed by atoms with E-state index in [4.69, 9.17) is 18.9 Å². The number of ether oxygens (including phenoxy) is 4. The fraction of sp³-hybridized carbons (Fsp3) is 0.471. The van der Waals surface area contributed by atoms with Crippen LogP contribution in [0.15, 0.2) is 48.6 Å². The smallest absolute Gasteiger partial charge is 0.229 e. The lowest BCUT2D eigenvalue weighted by molar-refractivity contribution is -0.352. The van der Waals surface area contributed by atoms with Gasteiger partial charge in [0.2, 0.25) is 6.29 Å². The minimum Gasteiger partial charge on any atom is -0.462 e. The first-order valence-corrected chi connectivity index (χ1v) is 15.2. The molecule has 10 atom stereocenters. The van der Waals surface area contributed by atoms with Crippen molar-refractivity contribution in [3.8, 4) is 5.75 Å². The number of benzene rings is 2. The van der Waals surface area contributed by atoms with Crippen molar-refractivity contribution in [2.45, 2.75) is 88.6 Å². The minimum atomic E-state index is -1.80. The molecule has 0 radical (unpaired) electrons. The first-order valence-electron chi connectivity index (χ1n) is 15.2. The van der Waals surface area contributed by atoms with Crippen LogP contribution < -0.4 is 4.74 Å². The number of hydrogen-bond donors (Lipinski definition) is 7. The highest BCUT2D eigenvalue weighted by atomic mass is 16.7. The number of hydrogen-bond acceptors (Lipinski definition) is 13. The van der Waals surface area contributed by atoms with Crippen molar-refractivity contribution < 1.29 is 64.3 Å². The van der Waals surface area contributed by atoms with Crippen LogP contribution in [0.4, 0.5) is 0 Å². The minimum absolute atomic E-state index is 0.254. The molecule has 0 bridgehead atoms. The Hall–Kier alpha value is -3.34. The van der Waals surface area contributed by atoms with E-state index in [9.17, 15) is 45.3 Å². The second kappa shape index (κ2) is 16.2. The lowest BCUT2D eigenvalue weighted by Gasteiger charge is -2.45. The average molecular weight is 659 g/mol. The van der Waals surface area contributed by atoms with Gasteiger partial charge < -0.3 is 54.7 Å². The number of rotatable bonds is 12. The van der Waals surface area contributed by atoms with E-state index < -0.39 is 74.6 Å². The fourth-order valence-corrected chi connectivity index (χ4v) is 5.22. The molecule has 2 saturated heterocycles. The Bertz CT molecular complexity index is 1450. The summed E-state index contributed by atoms with van der Waals surface area (Å²) in [7, 11) is 0. The maximum atomic E-state index is 12.4. The summed E-state index contributed by atoms with van der Waals surface area (Å²) in [4.78, 5) is 24.7. The Balaban J connectivity index is 1.38. The van der Waals surface area contributed by atoms with Crippen molar-refractivity contribution in [3.05, 3.63) is 76.4 Å². The van der Waals surface area contributed by atoms with Gasteiger partial charge in [-0.15, -0.1) is 0 Å². The van der Waals surface area contributed by atoms with Crippen molar-refractivity contribution >= 4 is 23.7 Å². The van der Waals surface area contributed by atoms with Crippen molar-refractivity contribution in [2.75, 3.05) is 13.2 Å². The average Bonchev–Trinajstić information content (AvgIpc) is 3.04. The summed E-state index contributed by atoms with van der Waals surface area (Å²) < 4.78 is 22.4. The first-order chi connectivity index (χ1) is 22.3. The molecule has 0 spiro atoms. The molecule has 0 aliphatic carbocycles. The summed E-state index contributed by atoms with van der Waals surface area (Å²) in [6, 6.07) is 10.7.